The summed E-state index contributed by atoms with van der Waals surface area (Å²) in [5.74, 6) is 1.80. The molecule has 0 spiro atoms. The van der Waals surface area contributed by atoms with Gasteiger partial charge < -0.3 is 0 Å². The van der Waals surface area contributed by atoms with Crippen molar-refractivity contribution in [3.05, 3.63) is 176 Å². The molecule has 0 radical (unpaired) electrons. The second kappa shape index (κ2) is 12.7. The average Bonchev–Trinajstić information content (AvgIpc) is 3.54. The van der Waals surface area contributed by atoms with Crippen LogP contribution in [0.2, 0.25) is 0 Å². The van der Waals surface area contributed by atoms with E-state index in [4.69, 9.17) is 15.0 Å². The van der Waals surface area contributed by atoms with Crippen molar-refractivity contribution in [2.24, 2.45) is 0 Å². The lowest BCUT2D eigenvalue weighted by atomic mass is 9.99. The molecule has 0 N–H and O–H groups in total. The van der Waals surface area contributed by atoms with Crippen LogP contribution in [0, 0.1) is 0 Å². The van der Waals surface area contributed by atoms with Crippen LogP contribution in [0.4, 0.5) is 0 Å². The van der Waals surface area contributed by atoms with Crippen molar-refractivity contribution in [1.82, 2.24) is 15.0 Å². The summed E-state index contributed by atoms with van der Waals surface area (Å²) in [7, 11) is 0. The second-order valence-corrected chi connectivity index (χ2v) is 12.8. The van der Waals surface area contributed by atoms with Gasteiger partial charge in [0.15, 0.2) is 17.5 Å². The van der Waals surface area contributed by atoms with Gasteiger partial charge in [-0.15, -0.1) is 11.3 Å². The Hall–Kier alpha value is -5.97. The van der Waals surface area contributed by atoms with Crippen LogP contribution < -0.4 is 0 Å². The Labute approximate surface area is 283 Å². The molecule has 2 aromatic heterocycles. The molecule has 0 bridgehead atoms. The Morgan fingerprint density at radius 2 is 1.23 bits per heavy atom. The lowest BCUT2D eigenvalue weighted by Crippen LogP contribution is -2.02. The largest absolute Gasteiger partial charge is 0.208 e. The maximum absolute atomic E-state index is 5.06. The van der Waals surface area contributed by atoms with E-state index in [1.54, 1.807) is 11.3 Å². The third-order valence-electron chi connectivity index (χ3n) is 8.68. The van der Waals surface area contributed by atoms with Crippen molar-refractivity contribution in [2.75, 3.05) is 0 Å². The molecule has 0 saturated heterocycles. The Bertz CT molecular complexity index is 2520. The highest BCUT2D eigenvalue weighted by Crippen LogP contribution is 2.39. The van der Waals surface area contributed by atoms with Crippen molar-refractivity contribution >= 4 is 53.4 Å². The summed E-state index contributed by atoms with van der Waals surface area (Å²) < 4.78 is 2.41. The van der Waals surface area contributed by atoms with E-state index in [-0.39, 0.29) is 0 Å². The van der Waals surface area contributed by atoms with Crippen LogP contribution in [0.25, 0.3) is 76.0 Å². The van der Waals surface area contributed by atoms with Gasteiger partial charge in [0.2, 0.25) is 0 Å². The van der Waals surface area contributed by atoms with E-state index < -0.39 is 0 Å². The minimum absolute atomic E-state index is 0.549. The number of nitrogens with zero attached hydrogens (tertiary/aromatic N) is 3. The van der Waals surface area contributed by atoms with Crippen molar-refractivity contribution in [3.8, 4) is 33.9 Å². The molecule has 0 unspecified atom stereocenters. The van der Waals surface area contributed by atoms with E-state index in [1.165, 1.54) is 42.9 Å². The van der Waals surface area contributed by atoms with Gasteiger partial charge in [0.1, 0.15) is 0 Å². The highest BCUT2D eigenvalue weighted by atomic mass is 32.1. The SMILES string of the molecule is C=C(/C=C\C=C(/C)c1cccc2ccccc12)c1nc(-c2ccc(-c3ccccc3)cc2)nc(-c2cccc3c2sc2ccccc23)n1. The number of benzene rings is 6. The van der Waals surface area contributed by atoms with Gasteiger partial charge in [-0.2, -0.15) is 0 Å². The monoisotopic (exact) mass is 633 g/mol. The summed E-state index contributed by atoms with van der Waals surface area (Å²) in [5, 5.41) is 4.91. The van der Waals surface area contributed by atoms with Gasteiger partial charge in [0.25, 0.3) is 0 Å². The van der Waals surface area contributed by atoms with E-state index in [9.17, 15) is 0 Å². The molecule has 6 aromatic carbocycles. The standard InChI is InChI=1S/C44H31N3S/c1-29(35-21-11-18-33-17-6-7-19-36(33)35)13-10-14-30(2)42-45-43(34-27-25-32(26-28-34)31-15-4-3-5-16-31)47-44(46-42)39-23-12-22-38-37-20-8-9-24-40(37)48-41(38)39/h3-28H,2H2,1H3/b14-10-,29-13+. The van der Waals surface area contributed by atoms with Gasteiger partial charge in [-0.3, -0.25) is 0 Å². The minimum Gasteiger partial charge on any atom is -0.208 e. The average molecular weight is 634 g/mol. The fourth-order valence-corrected chi connectivity index (χ4v) is 7.39. The lowest BCUT2D eigenvalue weighted by molar-refractivity contribution is 1.04. The van der Waals surface area contributed by atoms with Crippen molar-refractivity contribution in [1.29, 1.82) is 0 Å². The third kappa shape index (κ3) is 5.63. The number of rotatable bonds is 7. The maximum atomic E-state index is 5.06. The molecular weight excluding hydrogens is 603 g/mol. The van der Waals surface area contributed by atoms with Gasteiger partial charge in [-0.1, -0.05) is 152 Å². The van der Waals surface area contributed by atoms with Crippen LogP contribution in [-0.4, -0.2) is 15.0 Å². The van der Waals surface area contributed by atoms with Crippen molar-refractivity contribution in [2.45, 2.75) is 6.92 Å². The first-order valence-corrected chi connectivity index (χ1v) is 16.8. The molecule has 3 nitrogen and oxygen atoms in total. The lowest BCUT2D eigenvalue weighted by Gasteiger charge is -2.10. The molecule has 0 atom stereocenters. The van der Waals surface area contributed by atoms with Crippen LogP contribution in [0.15, 0.2) is 164 Å². The molecule has 0 aliphatic carbocycles. The van der Waals surface area contributed by atoms with E-state index in [0.29, 0.717) is 23.0 Å². The number of thiophene rings is 1. The van der Waals surface area contributed by atoms with Crippen molar-refractivity contribution in [3.63, 3.8) is 0 Å². The highest BCUT2D eigenvalue weighted by Gasteiger charge is 2.16. The fraction of sp³-hybridized carbons (Fsp3) is 0.0227. The fourth-order valence-electron chi connectivity index (χ4n) is 6.18. The zero-order valence-electron chi connectivity index (χ0n) is 26.5. The zero-order chi connectivity index (χ0) is 32.5. The summed E-state index contributed by atoms with van der Waals surface area (Å²) in [6.07, 6.45) is 6.14. The Balaban J connectivity index is 1.20. The molecule has 2 heterocycles. The number of allylic oxidation sites excluding steroid dienone is 5. The first kappa shape index (κ1) is 29.4. The van der Waals surface area contributed by atoms with Crippen LogP contribution in [0.1, 0.15) is 18.3 Å². The predicted octanol–water partition coefficient (Wildman–Crippen LogP) is 12.1. The zero-order valence-corrected chi connectivity index (χ0v) is 27.3. The second-order valence-electron chi connectivity index (χ2n) is 11.8. The number of fused-ring (bicyclic) bond motifs is 4. The normalized spacial score (nSPS) is 12.0. The van der Waals surface area contributed by atoms with E-state index >= 15 is 0 Å². The van der Waals surface area contributed by atoms with E-state index in [1.807, 2.05) is 18.2 Å². The highest BCUT2D eigenvalue weighted by molar-refractivity contribution is 7.26. The summed E-state index contributed by atoms with van der Waals surface area (Å²) in [4.78, 5) is 15.0. The first-order chi connectivity index (χ1) is 23.6. The van der Waals surface area contributed by atoms with Gasteiger partial charge in [0.05, 0.1) is 0 Å². The molecule has 0 fully saturated rings. The summed E-state index contributed by atoms with van der Waals surface area (Å²) in [6, 6.07) is 48.6. The Morgan fingerprint density at radius 1 is 0.583 bits per heavy atom. The summed E-state index contributed by atoms with van der Waals surface area (Å²) in [5.41, 5.74) is 7.32. The smallest absolute Gasteiger partial charge is 0.165 e. The molecule has 8 aromatic rings. The summed E-state index contributed by atoms with van der Waals surface area (Å²) in [6.45, 7) is 6.54. The maximum Gasteiger partial charge on any atom is 0.165 e. The minimum atomic E-state index is 0.549. The van der Waals surface area contributed by atoms with Gasteiger partial charge >= 0.3 is 0 Å². The number of aromatic nitrogens is 3. The molecule has 0 amide bonds. The number of hydrogen-bond acceptors (Lipinski definition) is 4. The molecule has 228 valence electrons. The predicted molar refractivity (Wildman–Crippen MR) is 205 cm³/mol. The van der Waals surface area contributed by atoms with Gasteiger partial charge in [0, 0.05) is 36.9 Å². The van der Waals surface area contributed by atoms with Crippen molar-refractivity contribution < 1.29 is 0 Å². The van der Waals surface area contributed by atoms with Crippen LogP contribution in [-0.2, 0) is 0 Å². The van der Waals surface area contributed by atoms with Gasteiger partial charge in [-0.25, -0.2) is 15.0 Å². The quantitative estimate of drug-likeness (QED) is 0.164. The molecule has 8 rings (SSSR count). The van der Waals surface area contributed by atoms with Gasteiger partial charge in [-0.05, 0) is 52.1 Å². The third-order valence-corrected chi connectivity index (χ3v) is 9.90. The molecule has 4 heteroatoms. The van der Waals surface area contributed by atoms with E-state index in [2.05, 4.69) is 153 Å². The first-order valence-electron chi connectivity index (χ1n) is 16.0. The molecule has 0 saturated carbocycles. The summed E-state index contributed by atoms with van der Waals surface area (Å²) >= 11 is 1.77. The topological polar surface area (TPSA) is 38.7 Å². The molecule has 48 heavy (non-hydrogen) atoms. The van der Waals surface area contributed by atoms with Crippen LogP contribution >= 0.6 is 11.3 Å². The molecular formula is C44H31N3S. The number of hydrogen-bond donors (Lipinski definition) is 0. The van der Waals surface area contributed by atoms with Crippen LogP contribution in [0.5, 0.6) is 0 Å². The van der Waals surface area contributed by atoms with E-state index in [0.717, 1.165) is 21.4 Å². The Kier molecular flexibility index (Phi) is 7.77. The Morgan fingerprint density at radius 3 is 2.08 bits per heavy atom. The molecule has 0 aliphatic heterocycles. The van der Waals surface area contributed by atoms with Crippen LogP contribution in [0.3, 0.4) is 0 Å². The molecule has 0 aliphatic rings.